The van der Waals surface area contributed by atoms with Crippen molar-refractivity contribution in [1.29, 1.82) is 5.41 Å². The Hall–Kier alpha value is -2.19. The van der Waals surface area contributed by atoms with E-state index in [-0.39, 0.29) is 5.84 Å². The number of amides is 1. The van der Waals surface area contributed by atoms with E-state index in [1.807, 2.05) is 0 Å². The number of piperazine rings is 1. The summed E-state index contributed by atoms with van der Waals surface area (Å²) in [5.41, 5.74) is -0.116. The summed E-state index contributed by atoms with van der Waals surface area (Å²) in [7, 11) is 0. The van der Waals surface area contributed by atoms with Gasteiger partial charge in [-0.1, -0.05) is 0 Å². The first-order chi connectivity index (χ1) is 12.3. The largest absolute Gasteiger partial charge is 0.478 e. The molecule has 0 aromatic carbocycles. The Morgan fingerprint density at radius 1 is 1.35 bits per heavy atom. The van der Waals surface area contributed by atoms with Crippen molar-refractivity contribution in [2.75, 3.05) is 39.3 Å². The van der Waals surface area contributed by atoms with Crippen LogP contribution >= 0.6 is 0 Å². The topological polar surface area (TPSA) is 99.6 Å². The van der Waals surface area contributed by atoms with E-state index in [1.165, 1.54) is 6.20 Å². The van der Waals surface area contributed by atoms with Crippen LogP contribution in [0.2, 0.25) is 0 Å². The molecular formula is C18H29N5O3. The van der Waals surface area contributed by atoms with Crippen LogP contribution in [0.25, 0.3) is 0 Å². The average Bonchev–Trinajstić information content (AvgIpc) is 2.58. The number of ether oxygens (including phenoxy) is 2. The molecule has 3 N–H and O–H groups in total. The van der Waals surface area contributed by atoms with Gasteiger partial charge in [-0.15, -0.1) is 0 Å². The minimum atomic E-state index is -0.657. The second-order valence-corrected chi connectivity index (χ2v) is 7.18. The van der Waals surface area contributed by atoms with Gasteiger partial charge < -0.3 is 19.7 Å². The lowest BCUT2D eigenvalue weighted by atomic mass is 10.2. The first kappa shape index (κ1) is 20.1. The van der Waals surface area contributed by atoms with Crippen molar-refractivity contribution in [2.45, 2.75) is 32.8 Å². The Bertz CT molecular complexity index is 592. The number of rotatable bonds is 6. The molecule has 1 aliphatic rings. The van der Waals surface area contributed by atoms with Gasteiger partial charge in [0.25, 0.3) is 0 Å². The summed E-state index contributed by atoms with van der Waals surface area (Å²) in [4.78, 5) is 18.3. The summed E-state index contributed by atoms with van der Waals surface area (Å²) in [6.07, 6.45) is 1.79. The van der Waals surface area contributed by atoms with Crippen LogP contribution in [0.15, 0.2) is 18.3 Å². The van der Waals surface area contributed by atoms with Crippen molar-refractivity contribution >= 4 is 11.9 Å². The quantitative estimate of drug-likeness (QED) is 0.403. The molecule has 0 spiro atoms. The highest BCUT2D eigenvalue weighted by Crippen LogP contribution is 2.10. The molecule has 1 aliphatic heterocycles. The van der Waals surface area contributed by atoms with E-state index < -0.39 is 11.7 Å². The monoisotopic (exact) mass is 363 g/mol. The van der Waals surface area contributed by atoms with Gasteiger partial charge in [-0.05, 0) is 33.3 Å². The molecule has 0 bridgehead atoms. The van der Waals surface area contributed by atoms with Crippen molar-refractivity contribution in [3.05, 3.63) is 23.9 Å². The fourth-order valence-electron chi connectivity index (χ4n) is 2.49. The molecule has 1 aromatic heterocycles. The van der Waals surface area contributed by atoms with Crippen molar-refractivity contribution < 1.29 is 14.3 Å². The third kappa shape index (κ3) is 7.37. The lowest BCUT2D eigenvalue weighted by Crippen LogP contribution is -2.43. The standard InChI is InChI=1S/C18H29N5O3/c1-18(2,3)26-17(24)22-16(19)14-5-6-15(21-13-14)25-12-4-9-23-10-7-20-8-11-23/h5-6,13,20H,4,7-12H2,1-3H3,(H2,19,22,24). The molecule has 1 amide bonds. The molecule has 26 heavy (non-hydrogen) atoms. The summed E-state index contributed by atoms with van der Waals surface area (Å²) in [5, 5.41) is 13.6. The zero-order valence-electron chi connectivity index (χ0n) is 15.8. The third-order valence-electron chi connectivity index (χ3n) is 3.73. The highest BCUT2D eigenvalue weighted by Gasteiger charge is 2.17. The number of carbonyl (C=O) groups excluding carboxylic acids is 1. The molecule has 144 valence electrons. The molecule has 2 heterocycles. The van der Waals surface area contributed by atoms with E-state index >= 15 is 0 Å². The Balaban J connectivity index is 1.71. The minimum Gasteiger partial charge on any atom is -0.478 e. The molecule has 0 aliphatic carbocycles. The smallest absolute Gasteiger partial charge is 0.413 e. The molecule has 1 saturated heterocycles. The van der Waals surface area contributed by atoms with Crippen molar-refractivity contribution in [3.8, 4) is 5.88 Å². The number of carbonyl (C=O) groups is 1. The molecule has 0 radical (unpaired) electrons. The number of amidine groups is 1. The number of nitrogens with one attached hydrogen (secondary N) is 3. The summed E-state index contributed by atoms with van der Waals surface area (Å²) >= 11 is 0. The molecule has 2 rings (SSSR count). The van der Waals surface area contributed by atoms with Crippen LogP contribution in [-0.4, -0.2) is 66.7 Å². The number of pyridine rings is 1. The van der Waals surface area contributed by atoms with Gasteiger partial charge in [0.1, 0.15) is 11.4 Å². The third-order valence-corrected chi connectivity index (χ3v) is 3.73. The van der Waals surface area contributed by atoms with E-state index in [0.29, 0.717) is 18.1 Å². The van der Waals surface area contributed by atoms with E-state index in [4.69, 9.17) is 14.9 Å². The van der Waals surface area contributed by atoms with E-state index in [0.717, 1.165) is 39.1 Å². The maximum Gasteiger partial charge on any atom is 0.413 e. The van der Waals surface area contributed by atoms with Crippen LogP contribution in [0.3, 0.4) is 0 Å². The minimum absolute atomic E-state index is 0.0583. The van der Waals surface area contributed by atoms with Crippen LogP contribution in [0.5, 0.6) is 5.88 Å². The second kappa shape index (κ2) is 9.49. The maximum absolute atomic E-state index is 11.7. The molecule has 8 heteroatoms. The predicted molar refractivity (Wildman–Crippen MR) is 99.9 cm³/mol. The number of alkyl carbamates (subject to hydrolysis) is 1. The van der Waals surface area contributed by atoms with Gasteiger partial charge in [0.2, 0.25) is 5.88 Å². The average molecular weight is 363 g/mol. The number of hydrogen-bond acceptors (Lipinski definition) is 7. The van der Waals surface area contributed by atoms with Crippen LogP contribution in [-0.2, 0) is 4.74 Å². The molecule has 8 nitrogen and oxygen atoms in total. The highest BCUT2D eigenvalue weighted by atomic mass is 16.6. The number of nitrogens with zero attached hydrogens (tertiary/aromatic N) is 2. The fraction of sp³-hybridized carbons (Fsp3) is 0.611. The molecule has 1 fully saturated rings. The van der Waals surface area contributed by atoms with Gasteiger partial charge >= 0.3 is 6.09 Å². The molecule has 0 atom stereocenters. The first-order valence-electron chi connectivity index (χ1n) is 8.94. The lowest BCUT2D eigenvalue weighted by Gasteiger charge is -2.26. The number of aromatic nitrogens is 1. The van der Waals surface area contributed by atoms with Gasteiger partial charge in [0, 0.05) is 50.6 Å². The van der Waals surface area contributed by atoms with Gasteiger partial charge in [-0.3, -0.25) is 10.7 Å². The van der Waals surface area contributed by atoms with Crippen LogP contribution in [0.1, 0.15) is 32.8 Å². The van der Waals surface area contributed by atoms with Crippen molar-refractivity contribution in [1.82, 2.24) is 20.5 Å². The van der Waals surface area contributed by atoms with Crippen LogP contribution in [0, 0.1) is 5.41 Å². The molecule has 0 unspecified atom stereocenters. The zero-order chi connectivity index (χ0) is 19.0. The predicted octanol–water partition coefficient (Wildman–Crippen LogP) is 1.61. The van der Waals surface area contributed by atoms with Crippen molar-refractivity contribution in [3.63, 3.8) is 0 Å². The zero-order valence-corrected chi connectivity index (χ0v) is 15.8. The lowest BCUT2D eigenvalue weighted by molar-refractivity contribution is 0.0563. The molecular weight excluding hydrogens is 334 g/mol. The Morgan fingerprint density at radius 2 is 2.08 bits per heavy atom. The number of hydrogen-bond donors (Lipinski definition) is 3. The Labute approximate surface area is 154 Å². The van der Waals surface area contributed by atoms with Crippen molar-refractivity contribution in [2.24, 2.45) is 0 Å². The van der Waals surface area contributed by atoms with Gasteiger partial charge in [-0.25, -0.2) is 9.78 Å². The fourth-order valence-corrected chi connectivity index (χ4v) is 2.49. The highest BCUT2D eigenvalue weighted by molar-refractivity contribution is 6.04. The van der Waals surface area contributed by atoms with E-state index in [2.05, 4.69) is 20.5 Å². The maximum atomic E-state index is 11.7. The Morgan fingerprint density at radius 3 is 2.69 bits per heavy atom. The van der Waals surface area contributed by atoms with Gasteiger partial charge in [0.05, 0.1) is 6.61 Å². The van der Waals surface area contributed by atoms with Gasteiger partial charge in [0.15, 0.2) is 0 Å². The normalized spacial score (nSPS) is 15.3. The molecule has 1 aromatic rings. The summed E-state index contributed by atoms with van der Waals surface area (Å²) < 4.78 is 10.8. The molecule has 0 saturated carbocycles. The summed E-state index contributed by atoms with van der Waals surface area (Å²) in [6.45, 7) is 11.2. The van der Waals surface area contributed by atoms with E-state index in [9.17, 15) is 4.79 Å². The first-order valence-corrected chi connectivity index (χ1v) is 8.94. The van der Waals surface area contributed by atoms with Crippen LogP contribution in [0.4, 0.5) is 4.79 Å². The van der Waals surface area contributed by atoms with E-state index in [1.54, 1.807) is 32.9 Å². The second-order valence-electron chi connectivity index (χ2n) is 7.18. The summed E-state index contributed by atoms with van der Waals surface area (Å²) in [5.74, 6) is 0.455. The van der Waals surface area contributed by atoms with Gasteiger partial charge in [-0.2, -0.15) is 0 Å². The van der Waals surface area contributed by atoms with Crippen LogP contribution < -0.4 is 15.4 Å². The Kier molecular flexibility index (Phi) is 7.35. The SMILES string of the molecule is CC(C)(C)OC(=O)NC(=N)c1ccc(OCCCN2CCNCC2)nc1. The summed E-state index contributed by atoms with van der Waals surface area (Å²) in [6, 6.07) is 3.39.